The predicted molar refractivity (Wildman–Crippen MR) is 124 cm³/mol. The fourth-order valence-corrected chi connectivity index (χ4v) is 4.89. The second-order valence-corrected chi connectivity index (χ2v) is 9.06. The molecule has 2 aliphatic rings. The Hall–Kier alpha value is -3.08. The van der Waals surface area contributed by atoms with E-state index in [0.29, 0.717) is 5.56 Å². The van der Waals surface area contributed by atoms with Crippen LogP contribution >= 0.6 is 0 Å². The standard InChI is InChI=1S/C27H31NO4/c1-17(2)32-22-15-14-20(16-18(22)3)25(29)23-24(19-10-6-4-7-11-19)28(27(31)26(23)30)21-12-8-5-9-13-21/h4,6-7,10-11,14-17,21,24,29H,5,8-9,12-13H2,1-3H3/b25-23-. The minimum atomic E-state index is -0.609. The van der Waals surface area contributed by atoms with Crippen molar-refractivity contribution >= 4 is 17.4 Å². The zero-order valence-corrected chi connectivity index (χ0v) is 19.0. The molecule has 0 bridgehead atoms. The third kappa shape index (κ3) is 4.16. The summed E-state index contributed by atoms with van der Waals surface area (Å²) in [7, 11) is 0. The van der Waals surface area contributed by atoms with Crippen molar-refractivity contribution in [2.24, 2.45) is 0 Å². The van der Waals surface area contributed by atoms with Crippen molar-refractivity contribution in [3.05, 3.63) is 70.8 Å². The lowest BCUT2D eigenvalue weighted by molar-refractivity contribution is -0.141. The number of amides is 1. The fraction of sp³-hybridized carbons (Fsp3) is 0.407. The van der Waals surface area contributed by atoms with Crippen LogP contribution in [0.5, 0.6) is 5.75 Å². The number of Topliss-reactive ketones (excluding diaryl/α,β-unsaturated/α-hetero) is 1. The normalized spacial score (nSPS) is 21.4. The number of hydrogen-bond acceptors (Lipinski definition) is 4. The molecule has 5 heteroatoms. The molecule has 1 aliphatic carbocycles. The van der Waals surface area contributed by atoms with Crippen LogP contribution in [0.1, 0.15) is 68.7 Å². The number of ether oxygens (including phenoxy) is 1. The third-order valence-electron chi connectivity index (χ3n) is 6.37. The Balaban J connectivity index is 1.81. The molecule has 1 atom stereocenters. The van der Waals surface area contributed by atoms with Gasteiger partial charge in [-0.15, -0.1) is 0 Å². The summed E-state index contributed by atoms with van der Waals surface area (Å²) in [6.45, 7) is 5.82. The summed E-state index contributed by atoms with van der Waals surface area (Å²) in [4.78, 5) is 28.1. The zero-order chi connectivity index (χ0) is 22.8. The summed E-state index contributed by atoms with van der Waals surface area (Å²) in [6.07, 6.45) is 5.05. The first kappa shape index (κ1) is 22.1. The van der Waals surface area contributed by atoms with Gasteiger partial charge in [0.05, 0.1) is 17.7 Å². The molecule has 1 unspecified atom stereocenters. The lowest BCUT2D eigenvalue weighted by Crippen LogP contribution is -2.40. The van der Waals surface area contributed by atoms with Crippen LogP contribution in [0.2, 0.25) is 0 Å². The van der Waals surface area contributed by atoms with Gasteiger partial charge in [-0.05, 0) is 62.9 Å². The first-order valence-electron chi connectivity index (χ1n) is 11.5. The largest absolute Gasteiger partial charge is 0.507 e. The van der Waals surface area contributed by atoms with Crippen LogP contribution in [0, 0.1) is 6.92 Å². The highest BCUT2D eigenvalue weighted by Crippen LogP contribution is 2.43. The molecule has 2 aromatic rings. The van der Waals surface area contributed by atoms with Crippen LogP contribution in [0.15, 0.2) is 54.1 Å². The van der Waals surface area contributed by atoms with E-state index >= 15 is 0 Å². The third-order valence-corrected chi connectivity index (χ3v) is 6.37. The smallest absolute Gasteiger partial charge is 0.295 e. The topological polar surface area (TPSA) is 66.8 Å². The van der Waals surface area contributed by atoms with Crippen LogP contribution in [0.4, 0.5) is 0 Å². The Labute approximate surface area is 189 Å². The van der Waals surface area contributed by atoms with E-state index in [2.05, 4.69) is 0 Å². The number of aryl methyl sites for hydroxylation is 1. The Morgan fingerprint density at radius 1 is 1.03 bits per heavy atom. The number of hydrogen-bond donors (Lipinski definition) is 1. The lowest BCUT2D eigenvalue weighted by atomic mass is 9.91. The van der Waals surface area contributed by atoms with Gasteiger partial charge in [0.2, 0.25) is 0 Å². The van der Waals surface area contributed by atoms with E-state index in [1.165, 1.54) is 0 Å². The molecule has 2 fully saturated rings. The van der Waals surface area contributed by atoms with Gasteiger partial charge in [-0.25, -0.2) is 0 Å². The van der Waals surface area contributed by atoms with Crippen molar-refractivity contribution in [3.63, 3.8) is 0 Å². The molecular weight excluding hydrogens is 402 g/mol. The number of rotatable bonds is 5. The summed E-state index contributed by atoms with van der Waals surface area (Å²) < 4.78 is 5.80. The average molecular weight is 434 g/mol. The highest BCUT2D eigenvalue weighted by Gasteiger charge is 2.48. The fourth-order valence-electron chi connectivity index (χ4n) is 4.89. The molecule has 0 aromatic heterocycles. The second-order valence-electron chi connectivity index (χ2n) is 9.06. The molecule has 1 aliphatic heterocycles. The van der Waals surface area contributed by atoms with Crippen LogP contribution in [0.25, 0.3) is 5.76 Å². The minimum Gasteiger partial charge on any atom is -0.507 e. The Morgan fingerprint density at radius 3 is 2.34 bits per heavy atom. The number of carbonyl (C=O) groups is 2. The minimum absolute atomic E-state index is 0.0132. The second kappa shape index (κ2) is 9.19. The molecule has 168 valence electrons. The molecule has 5 nitrogen and oxygen atoms in total. The van der Waals surface area contributed by atoms with E-state index < -0.39 is 17.7 Å². The Morgan fingerprint density at radius 2 is 1.72 bits per heavy atom. The first-order valence-corrected chi connectivity index (χ1v) is 11.5. The predicted octanol–water partition coefficient (Wildman–Crippen LogP) is 5.54. The zero-order valence-electron chi connectivity index (χ0n) is 19.0. The first-order chi connectivity index (χ1) is 15.4. The van der Waals surface area contributed by atoms with Crippen LogP contribution < -0.4 is 4.74 Å². The molecule has 4 rings (SSSR count). The van der Waals surface area contributed by atoms with Crippen LogP contribution in [-0.4, -0.2) is 33.8 Å². The van der Waals surface area contributed by atoms with Gasteiger partial charge in [-0.3, -0.25) is 9.59 Å². The van der Waals surface area contributed by atoms with E-state index in [1.54, 1.807) is 17.0 Å². The van der Waals surface area contributed by atoms with Gasteiger partial charge in [-0.1, -0.05) is 49.6 Å². The highest BCUT2D eigenvalue weighted by molar-refractivity contribution is 6.46. The maximum Gasteiger partial charge on any atom is 0.295 e. The quantitative estimate of drug-likeness (QED) is 0.382. The van der Waals surface area contributed by atoms with Crippen molar-refractivity contribution in [2.45, 2.75) is 71.1 Å². The van der Waals surface area contributed by atoms with Crippen LogP contribution in [-0.2, 0) is 9.59 Å². The maximum absolute atomic E-state index is 13.2. The summed E-state index contributed by atoms with van der Waals surface area (Å²) >= 11 is 0. The summed E-state index contributed by atoms with van der Waals surface area (Å²) in [5, 5.41) is 11.3. The van der Waals surface area contributed by atoms with Crippen LogP contribution in [0.3, 0.4) is 0 Å². The molecule has 32 heavy (non-hydrogen) atoms. The summed E-state index contributed by atoms with van der Waals surface area (Å²) in [5.41, 5.74) is 2.39. The molecular formula is C27H31NO4. The number of benzene rings is 2. The number of aliphatic hydroxyl groups excluding tert-OH is 1. The van der Waals surface area contributed by atoms with E-state index in [9.17, 15) is 14.7 Å². The highest BCUT2D eigenvalue weighted by atomic mass is 16.5. The molecule has 1 saturated carbocycles. The Bertz CT molecular complexity index is 1030. The molecule has 1 N–H and O–H groups in total. The van der Waals surface area contributed by atoms with Crippen molar-refractivity contribution < 1.29 is 19.4 Å². The number of aliphatic hydroxyl groups is 1. The number of likely N-dealkylation sites (tertiary alicyclic amines) is 1. The maximum atomic E-state index is 13.2. The van der Waals surface area contributed by atoms with Crippen molar-refractivity contribution in [2.75, 3.05) is 0 Å². The van der Waals surface area contributed by atoms with Gasteiger partial charge in [0, 0.05) is 11.6 Å². The molecule has 1 saturated heterocycles. The molecule has 0 spiro atoms. The molecule has 1 amide bonds. The summed E-state index contributed by atoms with van der Waals surface area (Å²) in [5.74, 6) is -0.514. The summed E-state index contributed by atoms with van der Waals surface area (Å²) in [6, 6.07) is 14.3. The molecule has 0 radical (unpaired) electrons. The van der Waals surface area contributed by atoms with E-state index in [0.717, 1.165) is 49.0 Å². The van der Waals surface area contributed by atoms with E-state index in [1.807, 2.05) is 57.2 Å². The van der Waals surface area contributed by atoms with Gasteiger partial charge in [-0.2, -0.15) is 0 Å². The van der Waals surface area contributed by atoms with Gasteiger partial charge >= 0.3 is 0 Å². The van der Waals surface area contributed by atoms with Gasteiger partial charge in [0.1, 0.15) is 11.5 Å². The lowest BCUT2D eigenvalue weighted by Gasteiger charge is -2.35. The van der Waals surface area contributed by atoms with Gasteiger partial charge < -0.3 is 14.7 Å². The van der Waals surface area contributed by atoms with E-state index in [-0.39, 0.29) is 23.5 Å². The van der Waals surface area contributed by atoms with E-state index in [4.69, 9.17) is 4.74 Å². The van der Waals surface area contributed by atoms with Crippen molar-refractivity contribution in [3.8, 4) is 5.75 Å². The van der Waals surface area contributed by atoms with Crippen molar-refractivity contribution in [1.29, 1.82) is 0 Å². The molecule has 1 heterocycles. The van der Waals surface area contributed by atoms with Crippen molar-refractivity contribution in [1.82, 2.24) is 4.90 Å². The number of ketones is 1. The average Bonchev–Trinajstić information content (AvgIpc) is 3.06. The number of carbonyl (C=O) groups excluding carboxylic acids is 2. The SMILES string of the molecule is Cc1cc(/C(O)=C2/C(=O)C(=O)N(C3CCCCC3)C2c2ccccc2)ccc1OC(C)C. The monoisotopic (exact) mass is 433 g/mol. The van der Waals surface area contributed by atoms with Gasteiger partial charge in [0.25, 0.3) is 11.7 Å². The number of nitrogens with zero attached hydrogens (tertiary/aromatic N) is 1. The Kier molecular flexibility index (Phi) is 6.35. The molecule has 2 aromatic carbocycles. The van der Waals surface area contributed by atoms with Gasteiger partial charge in [0.15, 0.2) is 0 Å².